The molecule has 0 saturated heterocycles. The average Bonchev–Trinajstić information content (AvgIpc) is 2.61. The van der Waals surface area contributed by atoms with E-state index >= 15 is 0 Å². The second kappa shape index (κ2) is 9.22. The normalized spacial score (nSPS) is 12.1. The Labute approximate surface area is 168 Å². The summed E-state index contributed by atoms with van der Waals surface area (Å²) >= 11 is 11.8. The predicted molar refractivity (Wildman–Crippen MR) is 105 cm³/mol. The van der Waals surface area contributed by atoms with Gasteiger partial charge in [-0.3, -0.25) is 4.72 Å². The van der Waals surface area contributed by atoms with Crippen LogP contribution in [-0.4, -0.2) is 37.1 Å². The lowest BCUT2D eigenvalue weighted by molar-refractivity contribution is 0.196. The minimum absolute atomic E-state index is 0.0173. The van der Waals surface area contributed by atoms with E-state index in [4.69, 9.17) is 27.9 Å². The zero-order valence-electron chi connectivity index (χ0n) is 14.3. The molecule has 0 unspecified atom stereocenters. The molecule has 27 heavy (non-hydrogen) atoms. The minimum Gasteiger partial charge on any atom is -0.385 e. The smallest absolute Gasteiger partial charge is 0.263 e. The number of hydrogen-bond acceptors (Lipinski definition) is 5. The summed E-state index contributed by atoms with van der Waals surface area (Å²) in [6.07, 6.45) is 0.536. The van der Waals surface area contributed by atoms with Gasteiger partial charge in [-0.2, -0.15) is 0 Å². The van der Waals surface area contributed by atoms with Crippen LogP contribution < -0.4 is 9.44 Å². The summed E-state index contributed by atoms with van der Waals surface area (Å²) in [7, 11) is -6.14. The van der Waals surface area contributed by atoms with Crippen molar-refractivity contribution in [3.63, 3.8) is 0 Å². The van der Waals surface area contributed by atoms with Crippen molar-refractivity contribution in [2.75, 3.05) is 25.0 Å². The fourth-order valence-corrected chi connectivity index (χ4v) is 5.00. The molecule has 7 nitrogen and oxygen atoms in total. The Balaban J connectivity index is 2.14. The first-order valence-corrected chi connectivity index (χ1v) is 11.4. The van der Waals surface area contributed by atoms with E-state index < -0.39 is 20.0 Å². The lowest BCUT2D eigenvalue weighted by Gasteiger charge is -2.11. The summed E-state index contributed by atoms with van der Waals surface area (Å²) in [4.78, 5) is -0.156. The molecule has 0 radical (unpaired) electrons. The molecule has 148 valence electrons. The van der Waals surface area contributed by atoms with Crippen LogP contribution in [0, 0.1) is 0 Å². The molecule has 0 atom stereocenters. The standard InChI is InChI=1S/C16H18Cl2N2O5S2/c1-25-10-2-9-19-26(21,22)14-6-4-13(5-7-14)20-27(23,24)16-11-12(17)3-8-15(16)18/h3-8,11,19-20H,2,9-10H2,1H3. The van der Waals surface area contributed by atoms with Gasteiger partial charge in [-0.1, -0.05) is 23.2 Å². The highest BCUT2D eigenvalue weighted by Gasteiger charge is 2.19. The number of hydrogen-bond donors (Lipinski definition) is 2. The van der Waals surface area contributed by atoms with Crippen molar-refractivity contribution < 1.29 is 21.6 Å². The highest BCUT2D eigenvalue weighted by atomic mass is 35.5. The topological polar surface area (TPSA) is 102 Å². The van der Waals surface area contributed by atoms with E-state index in [2.05, 4.69) is 9.44 Å². The first-order chi connectivity index (χ1) is 12.7. The van der Waals surface area contributed by atoms with Crippen LogP contribution in [0.1, 0.15) is 6.42 Å². The lowest BCUT2D eigenvalue weighted by Crippen LogP contribution is -2.25. The van der Waals surface area contributed by atoms with Gasteiger partial charge in [0.2, 0.25) is 10.0 Å². The van der Waals surface area contributed by atoms with Gasteiger partial charge in [-0.05, 0) is 48.9 Å². The van der Waals surface area contributed by atoms with Gasteiger partial charge in [0.1, 0.15) is 4.90 Å². The lowest BCUT2D eigenvalue weighted by atomic mass is 10.3. The molecule has 2 aromatic rings. The largest absolute Gasteiger partial charge is 0.385 e. The van der Waals surface area contributed by atoms with E-state index in [1.165, 1.54) is 49.6 Å². The van der Waals surface area contributed by atoms with Crippen LogP contribution in [0.2, 0.25) is 10.0 Å². The Morgan fingerprint density at radius 1 is 0.963 bits per heavy atom. The molecular weight excluding hydrogens is 435 g/mol. The third-order valence-electron chi connectivity index (χ3n) is 3.42. The summed E-state index contributed by atoms with van der Waals surface area (Å²) < 4.78 is 58.9. The molecule has 0 aliphatic heterocycles. The molecule has 0 aliphatic rings. The Morgan fingerprint density at radius 3 is 2.26 bits per heavy atom. The molecule has 0 heterocycles. The Morgan fingerprint density at radius 2 is 1.63 bits per heavy atom. The SMILES string of the molecule is COCCCNS(=O)(=O)c1ccc(NS(=O)(=O)c2cc(Cl)ccc2Cl)cc1. The third-order valence-corrected chi connectivity index (χ3v) is 6.99. The Kier molecular flexibility index (Phi) is 7.49. The number of methoxy groups -OCH3 is 1. The number of ether oxygens (including phenoxy) is 1. The van der Waals surface area contributed by atoms with Crippen molar-refractivity contribution in [2.24, 2.45) is 0 Å². The van der Waals surface area contributed by atoms with Crippen LogP contribution in [0.25, 0.3) is 0 Å². The minimum atomic E-state index is -3.98. The van der Waals surface area contributed by atoms with Gasteiger partial charge in [0.25, 0.3) is 10.0 Å². The second-order valence-corrected chi connectivity index (χ2v) is 9.71. The van der Waals surface area contributed by atoms with E-state index in [1.807, 2.05) is 0 Å². The number of benzene rings is 2. The monoisotopic (exact) mass is 452 g/mol. The number of sulfonamides is 2. The Bertz CT molecular complexity index is 994. The molecule has 0 bridgehead atoms. The van der Waals surface area contributed by atoms with Crippen LogP contribution in [0.3, 0.4) is 0 Å². The van der Waals surface area contributed by atoms with Gasteiger partial charge in [-0.15, -0.1) is 0 Å². The summed E-state index contributed by atoms with van der Waals surface area (Å²) in [6.45, 7) is 0.674. The first kappa shape index (κ1) is 21.9. The van der Waals surface area contributed by atoms with E-state index in [-0.39, 0.29) is 32.1 Å². The van der Waals surface area contributed by atoms with Crippen LogP contribution in [0.15, 0.2) is 52.3 Å². The third kappa shape index (κ3) is 6.06. The van der Waals surface area contributed by atoms with Crippen LogP contribution in [0.4, 0.5) is 5.69 Å². The van der Waals surface area contributed by atoms with E-state index in [0.717, 1.165) is 0 Å². The molecule has 11 heteroatoms. The summed E-state index contributed by atoms with van der Waals surface area (Å²) in [6, 6.07) is 9.38. The van der Waals surface area contributed by atoms with Gasteiger partial charge >= 0.3 is 0 Å². The molecule has 2 rings (SSSR count). The van der Waals surface area contributed by atoms with Gasteiger partial charge in [0.05, 0.1) is 9.92 Å². The fraction of sp³-hybridized carbons (Fsp3) is 0.250. The molecular formula is C16H18Cl2N2O5S2. The van der Waals surface area contributed by atoms with Crippen molar-refractivity contribution in [3.05, 3.63) is 52.5 Å². The van der Waals surface area contributed by atoms with E-state index in [1.54, 1.807) is 0 Å². The van der Waals surface area contributed by atoms with Crippen molar-refractivity contribution in [2.45, 2.75) is 16.2 Å². The van der Waals surface area contributed by atoms with Gasteiger partial charge in [0.15, 0.2) is 0 Å². The Hall–Kier alpha value is -1.36. The molecule has 0 saturated carbocycles. The number of halogens is 2. The molecule has 2 N–H and O–H groups in total. The molecule has 0 amide bonds. The molecule has 0 aromatic heterocycles. The van der Waals surface area contributed by atoms with E-state index in [0.29, 0.717) is 13.0 Å². The predicted octanol–water partition coefficient (Wildman–Crippen LogP) is 3.11. The second-order valence-electron chi connectivity index (χ2n) is 5.45. The maximum Gasteiger partial charge on any atom is 0.263 e. The molecule has 2 aromatic carbocycles. The maximum absolute atomic E-state index is 12.5. The molecule has 0 aliphatic carbocycles. The zero-order valence-corrected chi connectivity index (χ0v) is 17.4. The number of nitrogens with one attached hydrogen (secondary N) is 2. The molecule has 0 fully saturated rings. The summed E-state index contributed by atoms with van der Waals surface area (Å²) in [5.41, 5.74) is 0.185. The van der Waals surface area contributed by atoms with Crippen molar-refractivity contribution in [3.8, 4) is 0 Å². The van der Waals surface area contributed by atoms with Crippen LogP contribution in [-0.2, 0) is 24.8 Å². The zero-order chi connectivity index (χ0) is 20.1. The summed E-state index contributed by atoms with van der Waals surface area (Å²) in [5, 5.41) is 0.243. The van der Waals surface area contributed by atoms with Gasteiger partial charge < -0.3 is 4.74 Å². The van der Waals surface area contributed by atoms with Crippen molar-refractivity contribution >= 4 is 48.9 Å². The highest BCUT2D eigenvalue weighted by molar-refractivity contribution is 7.92. The van der Waals surface area contributed by atoms with Crippen molar-refractivity contribution in [1.82, 2.24) is 4.72 Å². The average molecular weight is 453 g/mol. The van der Waals surface area contributed by atoms with Crippen LogP contribution >= 0.6 is 23.2 Å². The first-order valence-electron chi connectivity index (χ1n) is 7.72. The van der Waals surface area contributed by atoms with E-state index in [9.17, 15) is 16.8 Å². The number of rotatable bonds is 9. The maximum atomic E-state index is 12.5. The quantitative estimate of drug-likeness (QED) is 0.569. The highest BCUT2D eigenvalue weighted by Crippen LogP contribution is 2.27. The summed E-state index contributed by atoms with van der Waals surface area (Å²) in [5.74, 6) is 0. The number of anilines is 1. The fourth-order valence-electron chi connectivity index (χ4n) is 2.10. The van der Waals surface area contributed by atoms with Crippen LogP contribution in [0.5, 0.6) is 0 Å². The van der Waals surface area contributed by atoms with Gasteiger partial charge in [0, 0.05) is 31.0 Å². The van der Waals surface area contributed by atoms with Gasteiger partial charge in [-0.25, -0.2) is 21.6 Å². The molecule has 0 spiro atoms. The van der Waals surface area contributed by atoms with Crippen molar-refractivity contribution in [1.29, 1.82) is 0 Å².